The van der Waals surface area contributed by atoms with E-state index in [1.807, 2.05) is 54.1 Å². The largest absolute Gasteiger partial charge is 0.472 e. The van der Waals surface area contributed by atoms with Gasteiger partial charge in [-0.3, -0.25) is 4.79 Å². The van der Waals surface area contributed by atoms with Crippen LogP contribution in [0.4, 0.5) is 5.69 Å². The molecule has 0 amide bonds. The summed E-state index contributed by atoms with van der Waals surface area (Å²) in [5.41, 5.74) is 10.0. The topological polar surface area (TPSA) is 80.0 Å². The summed E-state index contributed by atoms with van der Waals surface area (Å²) in [7, 11) is 0. The quantitative estimate of drug-likeness (QED) is 0.367. The Morgan fingerprint density at radius 1 is 1.15 bits per heavy atom. The van der Waals surface area contributed by atoms with Crippen molar-refractivity contribution >= 4 is 11.5 Å². The minimum atomic E-state index is -1.19. The predicted molar refractivity (Wildman–Crippen MR) is 97.9 cm³/mol. The molecule has 1 aromatic heterocycles. The molecule has 128 valence electrons. The standard InChI is InChI=1S/C20H16N4O2/c1-2-20(14-7-5-8-15(13-14)22-23-21)19(25)17-10-6-12-24(17)16-9-3-4-11-18(16)26-20/h3-13H,2H2,1H3. The van der Waals surface area contributed by atoms with E-state index in [2.05, 4.69) is 10.0 Å². The number of ether oxygens (including phenoxy) is 1. The molecule has 2 heterocycles. The third kappa shape index (κ3) is 2.28. The van der Waals surface area contributed by atoms with Crippen LogP contribution >= 0.6 is 0 Å². The van der Waals surface area contributed by atoms with Gasteiger partial charge in [-0.1, -0.05) is 42.4 Å². The Kier molecular flexibility index (Phi) is 3.75. The molecule has 1 unspecified atom stereocenters. The van der Waals surface area contributed by atoms with E-state index in [1.165, 1.54) is 0 Å². The number of azide groups is 1. The summed E-state index contributed by atoms with van der Waals surface area (Å²) in [6.45, 7) is 1.92. The van der Waals surface area contributed by atoms with Gasteiger partial charge in [0.15, 0.2) is 5.60 Å². The first-order chi connectivity index (χ1) is 12.7. The summed E-state index contributed by atoms with van der Waals surface area (Å²) < 4.78 is 8.21. The van der Waals surface area contributed by atoms with Gasteiger partial charge in [0, 0.05) is 22.4 Å². The SMILES string of the molecule is CCC1(c2cccc(N=[N+]=[N-])c2)Oc2ccccc2-n2cccc2C1=O. The van der Waals surface area contributed by atoms with Crippen LogP contribution in [0.3, 0.4) is 0 Å². The van der Waals surface area contributed by atoms with Crippen molar-refractivity contribution in [3.05, 3.63) is 88.6 Å². The zero-order valence-electron chi connectivity index (χ0n) is 14.2. The van der Waals surface area contributed by atoms with Gasteiger partial charge in [0.2, 0.25) is 5.78 Å². The normalized spacial score (nSPS) is 18.1. The number of rotatable bonds is 3. The highest BCUT2D eigenvalue weighted by molar-refractivity contribution is 6.03. The van der Waals surface area contributed by atoms with Gasteiger partial charge in [-0.25, -0.2) is 0 Å². The molecule has 1 atom stereocenters. The molecule has 1 aliphatic rings. The molecule has 0 aliphatic carbocycles. The zero-order chi connectivity index (χ0) is 18.1. The van der Waals surface area contributed by atoms with Crippen LogP contribution in [0.2, 0.25) is 0 Å². The fraction of sp³-hybridized carbons (Fsp3) is 0.150. The van der Waals surface area contributed by atoms with Crippen molar-refractivity contribution in [2.24, 2.45) is 5.11 Å². The van der Waals surface area contributed by atoms with Gasteiger partial charge in [-0.05, 0) is 42.3 Å². The van der Waals surface area contributed by atoms with Crippen molar-refractivity contribution in [1.82, 2.24) is 4.57 Å². The smallest absolute Gasteiger partial charge is 0.227 e. The van der Waals surface area contributed by atoms with Crippen LogP contribution < -0.4 is 4.74 Å². The summed E-state index contributed by atoms with van der Waals surface area (Å²) in [6.07, 6.45) is 2.29. The van der Waals surface area contributed by atoms with E-state index < -0.39 is 5.60 Å². The molecule has 0 saturated carbocycles. The molecular formula is C20H16N4O2. The lowest BCUT2D eigenvalue weighted by Gasteiger charge is -2.31. The van der Waals surface area contributed by atoms with Gasteiger partial charge < -0.3 is 9.30 Å². The lowest BCUT2D eigenvalue weighted by molar-refractivity contribution is 0.0424. The number of ketones is 1. The Balaban J connectivity index is 1.99. The van der Waals surface area contributed by atoms with Gasteiger partial charge in [0.05, 0.1) is 11.4 Å². The summed E-state index contributed by atoms with van der Waals surface area (Å²) >= 11 is 0. The number of hydrogen-bond acceptors (Lipinski definition) is 3. The number of carbonyl (C=O) groups is 1. The Bertz CT molecular complexity index is 1050. The molecule has 2 aromatic carbocycles. The van der Waals surface area contributed by atoms with Gasteiger partial charge >= 0.3 is 0 Å². The van der Waals surface area contributed by atoms with E-state index in [4.69, 9.17) is 10.3 Å². The Morgan fingerprint density at radius 2 is 2.00 bits per heavy atom. The molecule has 0 spiro atoms. The number of nitrogens with zero attached hydrogens (tertiary/aromatic N) is 4. The highest BCUT2D eigenvalue weighted by atomic mass is 16.5. The maximum absolute atomic E-state index is 13.5. The maximum Gasteiger partial charge on any atom is 0.227 e. The van der Waals surface area contributed by atoms with Crippen LogP contribution in [0, 0.1) is 0 Å². The fourth-order valence-corrected chi connectivity index (χ4v) is 3.46. The second kappa shape index (κ2) is 6.10. The molecule has 4 rings (SSSR count). The highest BCUT2D eigenvalue weighted by Gasteiger charge is 2.45. The van der Waals surface area contributed by atoms with Gasteiger partial charge in [-0.2, -0.15) is 0 Å². The molecule has 6 nitrogen and oxygen atoms in total. The van der Waals surface area contributed by atoms with Crippen molar-refractivity contribution in [2.45, 2.75) is 18.9 Å². The number of hydrogen-bond donors (Lipinski definition) is 0. The van der Waals surface area contributed by atoms with Crippen molar-refractivity contribution in [3.8, 4) is 11.4 Å². The van der Waals surface area contributed by atoms with Crippen molar-refractivity contribution in [1.29, 1.82) is 0 Å². The molecule has 0 bridgehead atoms. The average molecular weight is 344 g/mol. The molecule has 0 fully saturated rings. The van der Waals surface area contributed by atoms with Crippen molar-refractivity contribution in [3.63, 3.8) is 0 Å². The van der Waals surface area contributed by atoms with E-state index in [0.29, 0.717) is 29.1 Å². The number of benzene rings is 2. The monoisotopic (exact) mass is 344 g/mol. The van der Waals surface area contributed by atoms with Gasteiger partial charge in [0.25, 0.3) is 0 Å². The highest BCUT2D eigenvalue weighted by Crippen LogP contribution is 2.41. The summed E-state index contributed by atoms with van der Waals surface area (Å²) in [5.74, 6) is 0.506. The van der Waals surface area contributed by atoms with Crippen LogP contribution in [0.15, 0.2) is 72.0 Å². The molecular weight excluding hydrogens is 328 g/mol. The number of para-hydroxylation sites is 2. The molecule has 0 N–H and O–H groups in total. The maximum atomic E-state index is 13.5. The van der Waals surface area contributed by atoms with E-state index in [1.54, 1.807) is 24.3 Å². The Hall–Kier alpha value is -3.50. The van der Waals surface area contributed by atoms with E-state index >= 15 is 0 Å². The number of Topliss-reactive ketones (excluding diaryl/α,β-unsaturated/α-hetero) is 1. The van der Waals surface area contributed by atoms with E-state index in [0.717, 1.165) is 5.69 Å². The zero-order valence-corrected chi connectivity index (χ0v) is 14.2. The van der Waals surface area contributed by atoms with Crippen LogP contribution in [0.1, 0.15) is 29.4 Å². The fourth-order valence-electron chi connectivity index (χ4n) is 3.46. The molecule has 6 heteroatoms. The Labute approximate surface area is 150 Å². The molecule has 1 aliphatic heterocycles. The second-order valence-electron chi connectivity index (χ2n) is 6.08. The second-order valence-corrected chi connectivity index (χ2v) is 6.08. The summed E-state index contributed by atoms with van der Waals surface area (Å²) in [4.78, 5) is 16.4. The summed E-state index contributed by atoms with van der Waals surface area (Å²) in [6, 6.07) is 18.2. The molecule has 0 saturated heterocycles. The minimum Gasteiger partial charge on any atom is -0.472 e. The van der Waals surface area contributed by atoms with Crippen LogP contribution in [-0.4, -0.2) is 10.4 Å². The lowest BCUT2D eigenvalue weighted by Crippen LogP contribution is -2.41. The minimum absolute atomic E-state index is 0.126. The first kappa shape index (κ1) is 16.0. The van der Waals surface area contributed by atoms with Crippen LogP contribution in [-0.2, 0) is 5.60 Å². The lowest BCUT2D eigenvalue weighted by atomic mass is 9.85. The number of fused-ring (bicyclic) bond motifs is 3. The van der Waals surface area contributed by atoms with Crippen molar-refractivity contribution < 1.29 is 9.53 Å². The average Bonchev–Trinajstić information content (AvgIpc) is 3.12. The third-order valence-electron chi connectivity index (χ3n) is 4.73. The number of carbonyl (C=O) groups excluding carboxylic acids is 1. The summed E-state index contributed by atoms with van der Waals surface area (Å²) in [5, 5.41) is 3.66. The third-order valence-corrected chi connectivity index (χ3v) is 4.73. The van der Waals surface area contributed by atoms with E-state index in [-0.39, 0.29) is 5.78 Å². The van der Waals surface area contributed by atoms with Gasteiger partial charge in [0.1, 0.15) is 5.75 Å². The van der Waals surface area contributed by atoms with Crippen LogP contribution in [0.5, 0.6) is 5.75 Å². The Morgan fingerprint density at radius 3 is 2.81 bits per heavy atom. The molecule has 26 heavy (non-hydrogen) atoms. The molecule has 0 radical (unpaired) electrons. The van der Waals surface area contributed by atoms with Crippen LogP contribution in [0.25, 0.3) is 16.1 Å². The number of aromatic nitrogens is 1. The van der Waals surface area contributed by atoms with Gasteiger partial charge in [-0.15, -0.1) is 0 Å². The first-order valence-corrected chi connectivity index (χ1v) is 8.36. The van der Waals surface area contributed by atoms with E-state index in [9.17, 15) is 4.79 Å². The molecule has 3 aromatic rings. The predicted octanol–water partition coefficient (Wildman–Crippen LogP) is 5.30. The van der Waals surface area contributed by atoms with Crippen molar-refractivity contribution in [2.75, 3.05) is 0 Å². The first-order valence-electron chi connectivity index (χ1n) is 8.36.